The van der Waals surface area contributed by atoms with Crippen molar-refractivity contribution in [2.24, 2.45) is 5.73 Å². The Morgan fingerprint density at radius 2 is 1.61 bits per heavy atom. The van der Waals surface area contributed by atoms with E-state index in [1.54, 1.807) is 18.9 Å². The van der Waals surface area contributed by atoms with Gasteiger partial charge in [-0.25, -0.2) is 0 Å². The molecule has 1 fully saturated rings. The van der Waals surface area contributed by atoms with Crippen LogP contribution in [0.3, 0.4) is 0 Å². The van der Waals surface area contributed by atoms with Gasteiger partial charge in [0.1, 0.15) is 30.4 Å². The monoisotopic (exact) mass is 536 g/mol. The van der Waals surface area contributed by atoms with Gasteiger partial charge < -0.3 is 35.1 Å². The van der Waals surface area contributed by atoms with E-state index in [0.717, 1.165) is 58.7 Å². The molecule has 0 aromatic heterocycles. The minimum Gasteiger partial charge on any atom is -0.489 e. The fourth-order valence-corrected chi connectivity index (χ4v) is 4.98. The topological polar surface area (TPSA) is 89.3 Å². The highest BCUT2D eigenvalue weighted by Crippen LogP contribution is 2.44. The summed E-state index contributed by atoms with van der Waals surface area (Å²) in [5.41, 5.74) is 8.20. The van der Waals surface area contributed by atoms with Crippen LogP contribution in [0.4, 0.5) is 11.4 Å². The van der Waals surface area contributed by atoms with E-state index < -0.39 is 0 Å². The Labute approximate surface area is 229 Å². The van der Waals surface area contributed by atoms with Crippen LogP contribution >= 0.6 is 11.8 Å². The van der Waals surface area contributed by atoms with Crippen LogP contribution < -0.4 is 25.4 Å². The van der Waals surface area contributed by atoms with Crippen molar-refractivity contribution in [3.8, 4) is 11.5 Å². The van der Waals surface area contributed by atoms with Crippen molar-refractivity contribution in [1.82, 2.24) is 4.90 Å². The third-order valence-electron chi connectivity index (χ3n) is 6.17. The minimum absolute atomic E-state index is 0.0479. The maximum atomic E-state index is 11.6. The average molecular weight is 537 g/mol. The molecular formula is C29H36N4O4S. The molecule has 0 saturated carbocycles. The smallest absolute Gasteiger partial charge is 0.238 e. The van der Waals surface area contributed by atoms with E-state index in [-0.39, 0.29) is 12.5 Å². The van der Waals surface area contributed by atoms with Gasteiger partial charge in [-0.05, 0) is 49.0 Å². The lowest BCUT2D eigenvalue weighted by atomic mass is 10.2. The predicted molar refractivity (Wildman–Crippen MR) is 153 cm³/mol. The van der Waals surface area contributed by atoms with Crippen LogP contribution in [0.5, 0.6) is 11.5 Å². The molecule has 0 aliphatic carbocycles. The predicted octanol–water partition coefficient (Wildman–Crippen LogP) is 4.09. The molecule has 1 saturated heterocycles. The molecule has 202 valence electrons. The highest BCUT2D eigenvalue weighted by Gasteiger charge is 2.24. The molecule has 0 spiro atoms. The molecular weight excluding hydrogens is 500 g/mol. The summed E-state index contributed by atoms with van der Waals surface area (Å²) in [6.07, 6.45) is 0. The Kier molecular flexibility index (Phi) is 10.3. The van der Waals surface area contributed by atoms with Gasteiger partial charge >= 0.3 is 0 Å². The molecule has 0 unspecified atom stereocenters. The van der Waals surface area contributed by atoms with Gasteiger partial charge in [0, 0.05) is 48.8 Å². The SMILES string of the molecule is COCCOc1cc(Sc2ccc(NC(=O)CN)cc2)cc(OCc2ccccc2)c1N1CCN(C)CC1. The Balaban J connectivity index is 1.64. The second-order valence-corrected chi connectivity index (χ2v) is 10.2. The lowest BCUT2D eigenvalue weighted by molar-refractivity contribution is -0.114. The number of carbonyl (C=O) groups is 1. The molecule has 1 aliphatic rings. The van der Waals surface area contributed by atoms with Crippen molar-refractivity contribution < 1.29 is 19.0 Å². The largest absolute Gasteiger partial charge is 0.489 e. The van der Waals surface area contributed by atoms with Crippen LogP contribution in [0.25, 0.3) is 0 Å². The Morgan fingerprint density at radius 1 is 0.921 bits per heavy atom. The van der Waals surface area contributed by atoms with Crippen molar-refractivity contribution in [2.75, 3.05) is 70.3 Å². The van der Waals surface area contributed by atoms with E-state index in [2.05, 4.69) is 46.4 Å². The molecule has 3 N–H and O–H groups in total. The molecule has 0 radical (unpaired) electrons. The van der Waals surface area contributed by atoms with Crippen LogP contribution in [0.1, 0.15) is 5.56 Å². The first-order valence-corrected chi connectivity index (χ1v) is 13.5. The van der Waals surface area contributed by atoms with Gasteiger partial charge in [0.05, 0.1) is 13.2 Å². The second-order valence-electron chi connectivity index (χ2n) is 9.05. The summed E-state index contributed by atoms with van der Waals surface area (Å²) >= 11 is 1.61. The third kappa shape index (κ3) is 7.88. The molecule has 9 heteroatoms. The molecule has 1 aliphatic heterocycles. The number of ether oxygens (including phenoxy) is 3. The zero-order valence-corrected chi connectivity index (χ0v) is 22.8. The van der Waals surface area contributed by atoms with E-state index in [4.69, 9.17) is 19.9 Å². The molecule has 38 heavy (non-hydrogen) atoms. The van der Waals surface area contributed by atoms with Crippen LogP contribution in [-0.2, 0) is 16.1 Å². The summed E-state index contributed by atoms with van der Waals surface area (Å²) < 4.78 is 18.0. The summed E-state index contributed by atoms with van der Waals surface area (Å²) in [5, 5.41) is 2.77. The molecule has 1 amide bonds. The van der Waals surface area contributed by atoms with Gasteiger partial charge in [0.25, 0.3) is 0 Å². The van der Waals surface area contributed by atoms with Gasteiger partial charge in [-0.3, -0.25) is 4.79 Å². The number of benzene rings is 3. The lowest BCUT2D eigenvalue weighted by Crippen LogP contribution is -2.44. The molecule has 3 aromatic rings. The zero-order valence-electron chi connectivity index (χ0n) is 22.0. The first kappa shape index (κ1) is 27.8. The number of carbonyl (C=O) groups excluding carboxylic acids is 1. The fraction of sp³-hybridized carbons (Fsp3) is 0.345. The van der Waals surface area contributed by atoms with Crippen LogP contribution in [0.15, 0.2) is 76.5 Å². The Bertz CT molecular complexity index is 1170. The van der Waals surface area contributed by atoms with E-state index in [1.807, 2.05) is 42.5 Å². The lowest BCUT2D eigenvalue weighted by Gasteiger charge is -2.36. The van der Waals surface area contributed by atoms with Crippen LogP contribution in [0, 0.1) is 0 Å². The summed E-state index contributed by atoms with van der Waals surface area (Å²) in [6.45, 7) is 5.08. The van der Waals surface area contributed by atoms with Crippen molar-refractivity contribution in [2.45, 2.75) is 16.4 Å². The fourth-order valence-electron chi connectivity index (χ4n) is 4.10. The summed E-state index contributed by atoms with van der Waals surface area (Å²) in [5.74, 6) is 1.36. The standard InChI is InChI=1S/C29H36N4O4S/c1-32-12-14-33(15-13-32)29-26(36-17-16-35-2)18-25(19-27(29)37-21-22-6-4-3-5-7-22)38-24-10-8-23(9-11-24)31-28(34)20-30/h3-11,18-19H,12-17,20-21,30H2,1-2H3,(H,31,34). The number of methoxy groups -OCH3 is 1. The third-order valence-corrected chi connectivity index (χ3v) is 7.15. The highest BCUT2D eigenvalue weighted by atomic mass is 32.2. The van der Waals surface area contributed by atoms with Gasteiger partial charge in [-0.15, -0.1) is 0 Å². The summed E-state index contributed by atoms with van der Waals surface area (Å²) in [7, 11) is 3.82. The number of piperazine rings is 1. The normalized spacial score (nSPS) is 13.8. The number of amides is 1. The quantitative estimate of drug-likeness (QED) is 0.335. The summed E-state index contributed by atoms with van der Waals surface area (Å²) in [6, 6.07) is 22.0. The Morgan fingerprint density at radius 3 is 2.26 bits per heavy atom. The number of nitrogens with zero attached hydrogens (tertiary/aromatic N) is 2. The molecule has 1 heterocycles. The van der Waals surface area contributed by atoms with Gasteiger partial charge in [-0.1, -0.05) is 42.1 Å². The molecule has 0 bridgehead atoms. The number of likely N-dealkylation sites (N-methyl/N-ethyl adjacent to an activating group) is 1. The summed E-state index contributed by atoms with van der Waals surface area (Å²) in [4.78, 5) is 18.3. The molecule has 4 rings (SSSR count). The number of hydrogen-bond acceptors (Lipinski definition) is 8. The number of rotatable bonds is 12. The van der Waals surface area contributed by atoms with E-state index >= 15 is 0 Å². The highest BCUT2D eigenvalue weighted by molar-refractivity contribution is 7.99. The van der Waals surface area contributed by atoms with E-state index in [0.29, 0.717) is 25.5 Å². The number of anilines is 2. The second kappa shape index (κ2) is 14.1. The maximum absolute atomic E-state index is 11.6. The number of nitrogens with two attached hydrogens (primary N) is 1. The molecule has 3 aromatic carbocycles. The maximum Gasteiger partial charge on any atom is 0.238 e. The number of hydrogen-bond donors (Lipinski definition) is 2. The van der Waals surface area contributed by atoms with E-state index in [1.165, 1.54) is 0 Å². The first-order chi connectivity index (χ1) is 18.6. The van der Waals surface area contributed by atoms with E-state index in [9.17, 15) is 4.79 Å². The average Bonchev–Trinajstić information content (AvgIpc) is 2.94. The zero-order chi connectivity index (χ0) is 26.7. The molecule has 0 atom stereocenters. The number of nitrogens with one attached hydrogen (secondary N) is 1. The minimum atomic E-state index is -0.219. The van der Waals surface area contributed by atoms with Crippen LogP contribution in [-0.4, -0.2) is 70.9 Å². The van der Waals surface area contributed by atoms with Crippen molar-refractivity contribution in [3.05, 3.63) is 72.3 Å². The van der Waals surface area contributed by atoms with Gasteiger partial charge in [0.15, 0.2) is 0 Å². The Hall–Kier alpha value is -3.24. The van der Waals surface area contributed by atoms with Crippen molar-refractivity contribution in [3.63, 3.8) is 0 Å². The van der Waals surface area contributed by atoms with Crippen molar-refractivity contribution >= 4 is 29.0 Å². The first-order valence-electron chi connectivity index (χ1n) is 12.7. The van der Waals surface area contributed by atoms with Gasteiger partial charge in [0.2, 0.25) is 5.91 Å². The van der Waals surface area contributed by atoms with Crippen LogP contribution in [0.2, 0.25) is 0 Å². The van der Waals surface area contributed by atoms with Gasteiger partial charge in [-0.2, -0.15) is 0 Å². The molecule has 8 nitrogen and oxygen atoms in total. The van der Waals surface area contributed by atoms with Crippen molar-refractivity contribution in [1.29, 1.82) is 0 Å².